The number of nitrogens with one attached hydrogen (secondary N) is 1. The molecule has 1 unspecified atom stereocenters. The molecule has 0 fully saturated rings. The number of amides is 1. The molecule has 5 nitrogen and oxygen atoms in total. The van der Waals surface area contributed by atoms with Gasteiger partial charge in [0.05, 0.1) is 0 Å². The van der Waals surface area contributed by atoms with E-state index in [1.807, 2.05) is 0 Å². The van der Waals surface area contributed by atoms with Crippen molar-refractivity contribution < 1.29 is 13.6 Å². The average molecular weight is 335 g/mol. The molecule has 0 aliphatic heterocycles. The zero-order valence-corrected chi connectivity index (χ0v) is 12.5. The highest BCUT2D eigenvalue weighted by Gasteiger charge is 2.31. The Morgan fingerprint density at radius 2 is 1.95 bits per heavy atom. The second kappa shape index (κ2) is 6.88. The summed E-state index contributed by atoms with van der Waals surface area (Å²) in [6.45, 7) is 1.53. The Labute approximate surface area is 130 Å². The summed E-state index contributed by atoms with van der Waals surface area (Å²) in [6.07, 6.45) is -2.71. The molecule has 1 aromatic carbocycles. The van der Waals surface area contributed by atoms with Gasteiger partial charge in [-0.2, -0.15) is 0 Å². The van der Waals surface area contributed by atoms with E-state index in [2.05, 4.69) is 15.5 Å². The standard InChI is InChI=1S/C12H12F2N4OS.ClH/c1-12(15,7-5-3-2-4-6-7)10(19)16-11-18-17-9(20-11)8(13)14;/h2-6,8H,15H2,1H3,(H,16,18,19);1H. The van der Waals surface area contributed by atoms with Crippen LogP contribution in [0.15, 0.2) is 30.3 Å². The van der Waals surface area contributed by atoms with Crippen molar-refractivity contribution >= 4 is 34.8 Å². The lowest BCUT2D eigenvalue weighted by atomic mass is 9.92. The Hall–Kier alpha value is -1.64. The molecule has 1 heterocycles. The van der Waals surface area contributed by atoms with Crippen LogP contribution < -0.4 is 11.1 Å². The summed E-state index contributed by atoms with van der Waals surface area (Å²) < 4.78 is 24.8. The van der Waals surface area contributed by atoms with Crippen LogP contribution in [0.3, 0.4) is 0 Å². The number of benzene rings is 1. The number of aromatic nitrogens is 2. The minimum absolute atomic E-state index is 0. The summed E-state index contributed by atoms with van der Waals surface area (Å²) in [5, 5.41) is 8.73. The molecule has 2 aromatic rings. The first-order valence-corrected chi connectivity index (χ1v) is 6.50. The largest absolute Gasteiger partial charge is 0.314 e. The van der Waals surface area contributed by atoms with Gasteiger partial charge in [-0.15, -0.1) is 22.6 Å². The summed E-state index contributed by atoms with van der Waals surface area (Å²) in [7, 11) is 0. The van der Waals surface area contributed by atoms with Crippen molar-refractivity contribution in [3.63, 3.8) is 0 Å². The molecule has 0 saturated carbocycles. The van der Waals surface area contributed by atoms with Crippen molar-refractivity contribution in [3.05, 3.63) is 40.9 Å². The van der Waals surface area contributed by atoms with Crippen molar-refractivity contribution in [2.75, 3.05) is 5.32 Å². The van der Waals surface area contributed by atoms with Crippen molar-refractivity contribution in [3.8, 4) is 0 Å². The molecular formula is C12H13ClF2N4OS. The Kier molecular flexibility index (Phi) is 5.70. The lowest BCUT2D eigenvalue weighted by molar-refractivity contribution is -0.120. The van der Waals surface area contributed by atoms with Gasteiger partial charge < -0.3 is 5.73 Å². The van der Waals surface area contributed by atoms with Gasteiger partial charge in [-0.1, -0.05) is 41.7 Å². The van der Waals surface area contributed by atoms with E-state index in [1.165, 1.54) is 6.92 Å². The number of hydrogen-bond donors (Lipinski definition) is 2. The van der Waals surface area contributed by atoms with Crippen LogP contribution in [0.1, 0.15) is 23.9 Å². The molecule has 1 atom stereocenters. The summed E-state index contributed by atoms with van der Waals surface area (Å²) in [6, 6.07) is 8.74. The molecule has 21 heavy (non-hydrogen) atoms. The van der Waals surface area contributed by atoms with Crippen LogP contribution in [0.2, 0.25) is 0 Å². The number of rotatable bonds is 4. The first-order chi connectivity index (χ1) is 9.41. The fourth-order valence-electron chi connectivity index (χ4n) is 1.52. The summed E-state index contributed by atoms with van der Waals surface area (Å²) in [4.78, 5) is 12.1. The fraction of sp³-hybridized carbons (Fsp3) is 0.250. The number of hydrogen-bond acceptors (Lipinski definition) is 5. The molecule has 2 rings (SSSR count). The Morgan fingerprint density at radius 3 is 2.48 bits per heavy atom. The second-order valence-electron chi connectivity index (χ2n) is 4.27. The van der Waals surface area contributed by atoms with E-state index in [9.17, 15) is 13.6 Å². The lowest BCUT2D eigenvalue weighted by Gasteiger charge is -2.23. The van der Waals surface area contributed by atoms with Gasteiger partial charge in [-0.05, 0) is 12.5 Å². The van der Waals surface area contributed by atoms with Crippen LogP contribution >= 0.6 is 23.7 Å². The predicted molar refractivity (Wildman–Crippen MR) is 78.7 cm³/mol. The zero-order chi connectivity index (χ0) is 14.8. The number of nitrogens with zero attached hydrogens (tertiary/aromatic N) is 2. The van der Waals surface area contributed by atoms with Gasteiger partial charge in [0.15, 0.2) is 5.01 Å². The smallest absolute Gasteiger partial charge is 0.291 e. The number of halogens is 3. The Bertz CT molecular complexity index is 606. The van der Waals surface area contributed by atoms with Crippen LogP contribution in [-0.2, 0) is 10.3 Å². The number of carbonyl (C=O) groups excluding carboxylic acids is 1. The number of nitrogens with two attached hydrogens (primary N) is 1. The SMILES string of the molecule is CC(N)(C(=O)Nc1nnc(C(F)F)s1)c1ccccc1.Cl. The van der Waals surface area contributed by atoms with Gasteiger partial charge in [-0.25, -0.2) is 8.78 Å². The Morgan fingerprint density at radius 1 is 1.33 bits per heavy atom. The van der Waals surface area contributed by atoms with Crippen molar-refractivity contribution in [1.29, 1.82) is 0 Å². The number of carbonyl (C=O) groups is 1. The van der Waals surface area contributed by atoms with E-state index < -0.39 is 22.9 Å². The van der Waals surface area contributed by atoms with E-state index in [0.717, 1.165) is 0 Å². The summed E-state index contributed by atoms with van der Waals surface area (Å²) in [5.74, 6) is -0.541. The second-order valence-corrected chi connectivity index (χ2v) is 5.28. The van der Waals surface area contributed by atoms with Gasteiger partial charge in [0, 0.05) is 0 Å². The van der Waals surface area contributed by atoms with Gasteiger partial charge >= 0.3 is 0 Å². The maximum Gasteiger partial charge on any atom is 0.291 e. The molecular weight excluding hydrogens is 322 g/mol. The number of anilines is 1. The maximum atomic E-state index is 12.4. The lowest BCUT2D eigenvalue weighted by Crippen LogP contribution is -2.45. The molecule has 0 aliphatic rings. The molecule has 0 saturated heterocycles. The molecule has 9 heteroatoms. The third-order valence-corrected chi connectivity index (χ3v) is 3.54. The minimum Gasteiger partial charge on any atom is -0.314 e. The molecule has 0 spiro atoms. The molecule has 1 amide bonds. The van der Waals surface area contributed by atoms with E-state index in [-0.39, 0.29) is 17.5 Å². The molecule has 0 bridgehead atoms. The van der Waals surface area contributed by atoms with Gasteiger partial charge in [0.25, 0.3) is 12.3 Å². The number of alkyl halides is 2. The maximum absolute atomic E-state index is 12.4. The zero-order valence-electron chi connectivity index (χ0n) is 10.9. The first-order valence-electron chi connectivity index (χ1n) is 5.68. The average Bonchev–Trinajstić information content (AvgIpc) is 2.88. The monoisotopic (exact) mass is 334 g/mol. The Balaban J connectivity index is 0.00000220. The molecule has 0 radical (unpaired) electrons. The van der Waals surface area contributed by atoms with Crippen LogP contribution in [0.4, 0.5) is 13.9 Å². The van der Waals surface area contributed by atoms with Gasteiger partial charge in [0.1, 0.15) is 5.54 Å². The normalized spacial score (nSPS) is 13.4. The minimum atomic E-state index is -2.71. The van der Waals surface area contributed by atoms with Crippen LogP contribution in [0.5, 0.6) is 0 Å². The van der Waals surface area contributed by atoms with Gasteiger partial charge in [0.2, 0.25) is 5.13 Å². The van der Waals surface area contributed by atoms with Crippen molar-refractivity contribution in [2.24, 2.45) is 5.73 Å². The third-order valence-electron chi connectivity index (χ3n) is 2.69. The molecule has 3 N–H and O–H groups in total. The topological polar surface area (TPSA) is 80.9 Å². The first kappa shape index (κ1) is 17.4. The van der Waals surface area contributed by atoms with E-state index in [4.69, 9.17) is 5.73 Å². The highest BCUT2D eigenvalue weighted by Crippen LogP contribution is 2.26. The highest BCUT2D eigenvalue weighted by atomic mass is 35.5. The van der Waals surface area contributed by atoms with Crippen LogP contribution in [0, 0.1) is 0 Å². The van der Waals surface area contributed by atoms with Crippen LogP contribution in [0.25, 0.3) is 0 Å². The fourth-order valence-corrected chi connectivity index (χ4v) is 2.11. The molecule has 0 aliphatic carbocycles. The predicted octanol–water partition coefficient (Wildman–Crippen LogP) is 2.71. The van der Waals surface area contributed by atoms with E-state index in [1.54, 1.807) is 30.3 Å². The summed E-state index contributed by atoms with van der Waals surface area (Å²) >= 11 is 0.621. The van der Waals surface area contributed by atoms with E-state index >= 15 is 0 Å². The van der Waals surface area contributed by atoms with Gasteiger partial charge in [-0.3, -0.25) is 10.1 Å². The summed E-state index contributed by atoms with van der Waals surface area (Å²) in [5.41, 5.74) is 5.31. The van der Waals surface area contributed by atoms with Crippen LogP contribution in [-0.4, -0.2) is 16.1 Å². The molecule has 114 valence electrons. The molecule has 1 aromatic heterocycles. The highest BCUT2D eigenvalue weighted by molar-refractivity contribution is 7.15. The van der Waals surface area contributed by atoms with E-state index in [0.29, 0.717) is 16.9 Å². The van der Waals surface area contributed by atoms with Crippen molar-refractivity contribution in [2.45, 2.75) is 18.9 Å². The van der Waals surface area contributed by atoms with Crippen molar-refractivity contribution in [1.82, 2.24) is 10.2 Å². The third kappa shape index (κ3) is 3.93. The quantitative estimate of drug-likeness (QED) is 0.900.